The Morgan fingerprint density at radius 1 is 1.38 bits per heavy atom. The van der Waals surface area contributed by atoms with Crippen LogP contribution in [0.15, 0.2) is 0 Å². The Kier molecular flexibility index (Phi) is 2.61. The molecule has 2 N–H and O–H groups in total. The molecule has 1 heterocycles. The predicted octanol–water partition coefficient (Wildman–Crippen LogP) is 1.46. The van der Waals surface area contributed by atoms with Gasteiger partial charge in [0.05, 0.1) is 0 Å². The second-order valence-corrected chi connectivity index (χ2v) is 4.81. The lowest BCUT2D eigenvalue weighted by molar-refractivity contribution is 0.104. The first-order valence-electron chi connectivity index (χ1n) is 5.73. The molecule has 2 heteroatoms. The summed E-state index contributed by atoms with van der Waals surface area (Å²) < 4.78 is 0. The summed E-state index contributed by atoms with van der Waals surface area (Å²) >= 11 is 0. The standard InChI is InChI=1S/C11H22N2/c1-2-10-9-13(8-6-12)7-5-11(10)3-4-11/h10H,2-9,12H2,1H3. The summed E-state index contributed by atoms with van der Waals surface area (Å²) in [6.45, 7) is 6.88. The fourth-order valence-electron chi connectivity index (χ4n) is 2.95. The van der Waals surface area contributed by atoms with E-state index in [2.05, 4.69) is 11.8 Å². The predicted molar refractivity (Wildman–Crippen MR) is 55.6 cm³/mol. The molecule has 1 unspecified atom stereocenters. The van der Waals surface area contributed by atoms with E-state index >= 15 is 0 Å². The highest BCUT2D eigenvalue weighted by atomic mass is 15.1. The molecule has 1 spiro atoms. The third kappa shape index (κ3) is 1.75. The lowest BCUT2D eigenvalue weighted by Gasteiger charge is -2.38. The highest BCUT2D eigenvalue weighted by Gasteiger charge is 2.50. The van der Waals surface area contributed by atoms with Gasteiger partial charge in [-0.25, -0.2) is 0 Å². The van der Waals surface area contributed by atoms with Gasteiger partial charge in [-0.05, 0) is 37.1 Å². The van der Waals surface area contributed by atoms with E-state index in [0.717, 1.165) is 24.4 Å². The maximum Gasteiger partial charge on any atom is 0.0105 e. The Bertz CT molecular complexity index is 175. The molecule has 1 saturated carbocycles. The van der Waals surface area contributed by atoms with Crippen molar-refractivity contribution in [3.8, 4) is 0 Å². The van der Waals surface area contributed by atoms with E-state index in [1.165, 1.54) is 38.8 Å². The first kappa shape index (κ1) is 9.47. The molecule has 1 aliphatic carbocycles. The Labute approximate surface area is 81.5 Å². The second kappa shape index (κ2) is 3.58. The first-order chi connectivity index (χ1) is 6.30. The fraction of sp³-hybridized carbons (Fsp3) is 1.00. The minimum absolute atomic E-state index is 0.792. The molecule has 0 bridgehead atoms. The van der Waals surface area contributed by atoms with E-state index in [1.54, 1.807) is 0 Å². The van der Waals surface area contributed by atoms with E-state index in [4.69, 9.17) is 5.73 Å². The number of nitrogens with zero attached hydrogens (tertiary/aromatic N) is 1. The van der Waals surface area contributed by atoms with Gasteiger partial charge >= 0.3 is 0 Å². The summed E-state index contributed by atoms with van der Waals surface area (Å²) in [4.78, 5) is 2.55. The summed E-state index contributed by atoms with van der Waals surface area (Å²) in [6.07, 6.45) is 5.80. The molecule has 0 radical (unpaired) electrons. The molecule has 2 aliphatic rings. The Hall–Kier alpha value is -0.0800. The third-order valence-corrected chi connectivity index (χ3v) is 4.10. The van der Waals surface area contributed by atoms with Crippen LogP contribution in [0.5, 0.6) is 0 Å². The molecule has 76 valence electrons. The molecule has 0 aromatic carbocycles. The van der Waals surface area contributed by atoms with Crippen molar-refractivity contribution in [2.24, 2.45) is 17.1 Å². The van der Waals surface area contributed by atoms with Gasteiger partial charge in [-0.2, -0.15) is 0 Å². The lowest BCUT2D eigenvalue weighted by Crippen LogP contribution is -2.43. The van der Waals surface area contributed by atoms with E-state index < -0.39 is 0 Å². The van der Waals surface area contributed by atoms with E-state index in [1.807, 2.05) is 0 Å². The second-order valence-electron chi connectivity index (χ2n) is 4.81. The summed E-state index contributed by atoms with van der Waals surface area (Å²) in [7, 11) is 0. The van der Waals surface area contributed by atoms with Crippen LogP contribution in [0.3, 0.4) is 0 Å². The van der Waals surface area contributed by atoms with Crippen molar-refractivity contribution in [2.75, 3.05) is 26.2 Å². The number of likely N-dealkylation sites (tertiary alicyclic amines) is 1. The van der Waals surface area contributed by atoms with Crippen molar-refractivity contribution in [1.82, 2.24) is 4.90 Å². The first-order valence-corrected chi connectivity index (χ1v) is 5.73. The van der Waals surface area contributed by atoms with Gasteiger partial charge in [-0.3, -0.25) is 0 Å². The average molecular weight is 182 g/mol. The van der Waals surface area contributed by atoms with Gasteiger partial charge in [0.1, 0.15) is 0 Å². The van der Waals surface area contributed by atoms with Crippen molar-refractivity contribution in [3.05, 3.63) is 0 Å². The molecule has 2 nitrogen and oxygen atoms in total. The maximum atomic E-state index is 5.59. The quantitative estimate of drug-likeness (QED) is 0.716. The number of nitrogens with two attached hydrogens (primary N) is 1. The molecule has 0 aromatic rings. The highest BCUT2D eigenvalue weighted by molar-refractivity contribution is 5.01. The van der Waals surface area contributed by atoms with Crippen LogP contribution < -0.4 is 5.73 Å². The molecule has 2 rings (SSSR count). The monoisotopic (exact) mass is 182 g/mol. The van der Waals surface area contributed by atoms with Crippen LogP contribution in [0.1, 0.15) is 32.6 Å². The van der Waals surface area contributed by atoms with Crippen molar-refractivity contribution >= 4 is 0 Å². The van der Waals surface area contributed by atoms with Gasteiger partial charge in [0.25, 0.3) is 0 Å². The minimum Gasteiger partial charge on any atom is -0.329 e. The molecule has 0 amide bonds. The van der Waals surface area contributed by atoms with E-state index in [9.17, 15) is 0 Å². The van der Waals surface area contributed by atoms with Crippen molar-refractivity contribution in [2.45, 2.75) is 32.6 Å². The largest absolute Gasteiger partial charge is 0.329 e. The number of piperidine rings is 1. The summed E-state index contributed by atoms with van der Waals surface area (Å²) in [5, 5.41) is 0. The van der Waals surface area contributed by atoms with E-state index in [-0.39, 0.29) is 0 Å². The zero-order valence-electron chi connectivity index (χ0n) is 8.76. The number of hydrogen-bond donors (Lipinski definition) is 1. The molecule has 1 aliphatic heterocycles. The molecule has 1 saturated heterocycles. The highest BCUT2D eigenvalue weighted by Crippen LogP contribution is 2.57. The van der Waals surface area contributed by atoms with Crippen LogP contribution >= 0.6 is 0 Å². The van der Waals surface area contributed by atoms with Gasteiger partial charge in [-0.15, -0.1) is 0 Å². The molecule has 13 heavy (non-hydrogen) atoms. The lowest BCUT2D eigenvalue weighted by atomic mass is 9.80. The smallest absolute Gasteiger partial charge is 0.0105 e. The van der Waals surface area contributed by atoms with Crippen LogP contribution in [0, 0.1) is 11.3 Å². The normalized spacial score (nSPS) is 32.3. The average Bonchev–Trinajstić information content (AvgIpc) is 2.90. The molecule has 1 atom stereocenters. The van der Waals surface area contributed by atoms with Gasteiger partial charge in [0, 0.05) is 19.6 Å². The van der Waals surface area contributed by atoms with Crippen molar-refractivity contribution < 1.29 is 0 Å². The van der Waals surface area contributed by atoms with Gasteiger partial charge < -0.3 is 10.6 Å². The van der Waals surface area contributed by atoms with Crippen LogP contribution in [0.4, 0.5) is 0 Å². The minimum atomic E-state index is 0.792. The van der Waals surface area contributed by atoms with E-state index in [0.29, 0.717) is 0 Å². The Morgan fingerprint density at radius 3 is 2.69 bits per heavy atom. The molecule has 2 fully saturated rings. The summed E-state index contributed by atoms with van der Waals surface area (Å²) in [5.74, 6) is 0.966. The van der Waals surface area contributed by atoms with Crippen LogP contribution in [-0.2, 0) is 0 Å². The topological polar surface area (TPSA) is 29.3 Å². The fourth-order valence-corrected chi connectivity index (χ4v) is 2.95. The van der Waals surface area contributed by atoms with Crippen molar-refractivity contribution in [1.29, 1.82) is 0 Å². The number of hydrogen-bond acceptors (Lipinski definition) is 2. The van der Waals surface area contributed by atoms with Crippen LogP contribution in [-0.4, -0.2) is 31.1 Å². The Balaban J connectivity index is 1.90. The Morgan fingerprint density at radius 2 is 2.15 bits per heavy atom. The third-order valence-electron chi connectivity index (χ3n) is 4.10. The van der Waals surface area contributed by atoms with Crippen molar-refractivity contribution in [3.63, 3.8) is 0 Å². The van der Waals surface area contributed by atoms with Gasteiger partial charge in [0.2, 0.25) is 0 Å². The maximum absolute atomic E-state index is 5.59. The summed E-state index contributed by atoms with van der Waals surface area (Å²) in [6, 6.07) is 0. The number of rotatable bonds is 3. The molecule has 0 aromatic heterocycles. The van der Waals surface area contributed by atoms with Gasteiger partial charge in [0.15, 0.2) is 0 Å². The zero-order valence-corrected chi connectivity index (χ0v) is 8.76. The summed E-state index contributed by atoms with van der Waals surface area (Å²) in [5.41, 5.74) is 6.38. The molecular weight excluding hydrogens is 160 g/mol. The SMILES string of the molecule is CCC1CN(CCN)CCC12CC2. The van der Waals surface area contributed by atoms with Crippen LogP contribution in [0.25, 0.3) is 0 Å². The zero-order chi connectivity index (χ0) is 9.31. The van der Waals surface area contributed by atoms with Crippen LogP contribution in [0.2, 0.25) is 0 Å². The molecular formula is C11H22N2. The van der Waals surface area contributed by atoms with Gasteiger partial charge in [-0.1, -0.05) is 13.3 Å².